The van der Waals surface area contributed by atoms with Crippen LogP contribution in [0.25, 0.3) is 44.3 Å². The smallest absolute Gasteiger partial charge is 0.337 e. The van der Waals surface area contributed by atoms with Gasteiger partial charge in [-0.05, 0) is 91.9 Å². The van der Waals surface area contributed by atoms with Gasteiger partial charge < -0.3 is 35.5 Å². The number of benzene rings is 4. The monoisotopic (exact) mass is 882 g/mol. The summed E-state index contributed by atoms with van der Waals surface area (Å²) in [6.45, 7) is 2.01. The quantitative estimate of drug-likeness (QED) is 0.0569. The van der Waals surface area contributed by atoms with Crippen LogP contribution in [0.1, 0.15) is 80.6 Å². The van der Waals surface area contributed by atoms with Crippen molar-refractivity contribution in [3.8, 4) is 39.6 Å². The van der Waals surface area contributed by atoms with Gasteiger partial charge in [0.1, 0.15) is 41.7 Å². The van der Waals surface area contributed by atoms with Gasteiger partial charge in [-0.15, -0.1) is 0 Å². The number of H-pyrrole nitrogens is 1. The van der Waals surface area contributed by atoms with Crippen molar-refractivity contribution < 1.29 is 29.0 Å². The molecule has 1 atom stereocenters. The summed E-state index contributed by atoms with van der Waals surface area (Å²) in [7, 11) is 0. The highest BCUT2D eigenvalue weighted by atomic mass is 35.5. The molecule has 7 aromatic rings. The molecule has 0 saturated carbocycles. The zero-order valence-electron chi connectivity index (χ0n) is 35.5. The first-order valence-corrected chi connectivity index (χ1v) is 22.2. The molecule has 4 heterocycles. The van der Waals surface area contributed by atoms with Crippen LogP contribution in [0.15, 0.2) is 104 Å². The Morgan fingerprint density at radius 1 is 0.859 bits per heavy atom. The first-order chi connectivity index (χ1) is 31.2. The largest absolute Gasteiger partial charge is 0.492 e. The molecule has 1 saturated heterocycles. The molecule has 4 aromatic carbocycles. The van der Waals surface area contributed by atoms with E-state index in [1.165, 1.54) is 12.5 Å². The lowest BCUT2D eigenvalue weighted by Gasteiger charge is -2.33. The minimum atomic E-state index is -1.01. The number of carbonyl (C=O) groups is 3. The number of unbranched alkanes of at least 4 members (excludes halogenated alkanes) is 5. The molecule has 3 aromatic heterocycles. The number of ether oxygens (including phenoxy) is 2. The van der Waals surface area contributed by atoms with Gasteiger partial charge >= 0.3 is 5.97 Å². The van der Waals surface area contributed by atoms with E-state index >= 15 is 0 Å². The zero-order chi connectivity index (χ0) is 44.4. The molecule has 330 valence electrons. The van der Waals surface area contributed by atoms with E-state index < -0.39 is 5.97 Å². The Balaban J connectivity index is 0.715. The average Bonchev–Trinajstić information content (AvgIpc) is 3.92. The number of rotatable bonds is 19. The molecule has 15 heteroatoms. The minimum Gasteiger partial charge on any atom is -0.492 e. The number of nitrogen functional groups attached to an aromatic ring is 1. The Labute approximate surface area is 375 Å². The molecular weight excluding hydrogens is 832 g/mol. The van der Waals surface area contributed by atoms with Crippen molar-refractivity contribution in [2.24, 2.45) is 0 Å². The minimum absolute atomic E-state index is 0.00145. The predicted molar refractivity (Wildman–Crippen MR) is 248 cm³/mol. The van der Waals surface area contributed by atoms with Crippen LogP contribution in [0.2, 0.25) is 5.02 Å². The van der Waals surface area contributed by atoms with Crippen LogP contribution in [0, 0.1) is 0 Å². The van der Waals surface area contributed by atoms with Gasteiger partial charge in [0.25, 0.3) is 0 Å². The fourth-order valence-electron chi connectivity index (χ4n) is 8.29. The van der Waals surface area contributed by atoms with E-state index in [0.717, 1.165) is 80.4 Å². The Kier molecular flexibility index (Phi) is 14.0. The van der Waals surface area contributed by atoms with Crippen molar-refractivity contribution >= 4 is 57.1 Å². The molecule has 1 aliphatic rings. The summed E-state index contributed by atoms with van der Waals surface area (Å²) in [5, 5.41) is 19.2. The third-order valence-corrected chi connectivity index (χ3v) is 11.9. The van der Waals surface area contributed by atoms with E-state index in [2.05, 4.69) is 20.3 Å². The number of carbonyl (C=O) groups excluding carboxylic acids is 2. The molecule has 0 unspecified atom stereocenters. The number of hydrogen-bond acceptors (Lipinski definition) is 9. The number of para-hydroxylation sites is 1. The highest BCUT2D eigenvalue weighted by Crippen LogP contribution is 2.36. The molecule has 1 fully saturated rings. The maximum atomic E-state index is 13.4. The molecule has 2 amide bonds. The summed E-state index contributed by atoms with van der Waals surface area (Å²) in [6, 6.07) is 28.2. The Morgan fingerprint density at radius 3 is 2.33 bits per heavy atom. The van der Waals surface area contributed by atoms with Crippen LogP contribution in [0.3, 0.4) is 0 Å². The number of carboxylic acid groups (broad SMARTS) is 1. The number of nitrogens with zero attached hydrogens (tertiary/aromatic N) is 5. The van der Waals surface area contributed by atoms with E-state index in [0.29, 0.717) is 82.5 Å². The van der Waals surface area contributed by atoms with Crippen LogP contribution in [-0.4, -0.2) is 78.8 Å². The molecular formula is C49H51ClN8O6. The molecule has 0 radical (unpaired) electrons. The van der Waals surface area contributed by atoms with Crippen molar-refractivity contribution in [3.63, 3.8) is 0 Å². The summed E-state index contributed by atoms with van der Waals surface area (Å²) in [4.78, 5) is 51.2. The summed E-state index contributed by atoms with van der Waals surface area (Å²) in [5.41, 5.74) is 11.0. The lowest BCUT2D eigenvalue weighted by Crippen LogP contribution is -2.40. The number of amides is 2. The van der Waals surface area contributed by atoms with Gasteiger partial charge in [0.15, 0.2) is 5.65 Å². The maximum absolute atomic E-state index is 13.4. The Morgan fingerprint density at radius 2 is 1.56 bits per heavy atom. The summed E-state index contributed by atoms with van der Waals surface area (Å²) < 4.78 is 13.7. The number of anilines is 1. The number of aromatic nitrogens is 5. The van der Waals surface area contributed by atoms with Crippen LogP contribution in [0.4, 0.5) is 5.82 Å². The van der Waals surface area contributed by atoms with Crippen LogP contribution >= 0.6 is 11.6 Å². The van der Waals surface area contributed by atoms with Crippen molar-refractivity contribution in [2.45, 2.75) is 70.3 Å². The molecule has 14 nitrogen and oxygen atoms in total. The second kappa shape index (κ2) is 20.5. The topological polar surface area (TPSA) is 191 Å². The molecule has 64 heavy (non-hydrogen) atoms. The number of likely N-dealkylation sites (tertiary alicyclic amines) is 1. The van der Waals surface area contributed by atoms with Crippen molar-refractivity contribution in [2.75, 3.05) is 32.0 Å². The fraction of sp³-hybridized carbons (Fsp3) is 0.306. The second-order valence-electron chi connectivity index (χ2n) is 16.1. The summed E-state index contributed by atoms with van der Waals surface area (Å²) in [5.74, 6) is 1.63. The molecule has 5 N–H and O–H groups in total. The number of piperidine rings is 1. The second-order valence-corrected chi connectivity index (χ2v) is 16.5. The van der Waals surface area contributed by atoms with Gasteiger partial charge in [0.05, 0.1) is 28.6 Å². The number of nitrogens with two attached hydrogens (primary N) is 1. The van der Waals surface area contributed by atoms with Crippen LogP contribution in [-0.2, 0) is 9.59 Å². The first kappa shape index (κ1) is 43.7. The van der Waals surface area contributed by atoms with Gasteiger partial charge in [-0.2, -0.15) is 5.10 Å². The van der Waals surface area contributed by atoms with Crippen molar-refractivity contribution in [1.29, 1.82) is 0 Å². The third-order valence-electron chi connectivity index (χ3n) is 11.6. The van der Waals surface area contributed by atoms with E-state index in [9.17, 15) is 19.5 Å². The number of aromatic carboxylic acids is 1. The predicted octanol–water partition coefficient (Wildman–Crippen LogP) is 9.85. The van der Waals surface area contributed by atoms with Gasteiger partial charge in [-0.25, -0.2) is 19.4 Å². The maximum Gasteiger partial charge on any atom is 0.337 e. The van der Waals surface area contributed by atoms with E-state index in [-0.39, 0.29) is 23.4 Å². The summed E-state index contributed by atoms with van der Waals surface area (Å²) in [6.07, 6.45) is 11.2. The molecule has 0 spiro atoms. The van der Waals surface area contributed by atoms with E-state index in [4.69, 9.17) is 31.9 Å². The fourth-order valence-corrected chi connectivity index (χ4v) is 8.56. The summed E-state index contributed by atoms with van der Waals surface area (Å²) >= 11 is 6.51. The molecule has 0 aliphatic carbocycles. The normalized spacial score (nSPS) is 13.9. The first-order valence-electron chi connectivity index (χ1n) is 21.9. The van der Waals surface area contributed by atoms with E-state index in [1.807, 2.05) is 88.4 Å². The SMILES string of the molecule is Nc1ncnc2c1c(-c1ccc(Oc3ccccc3)cc1)nn2[C@@H]1CCCN(C(=O)CCCCCCCCC(=O)NCCOc2ccc(-c3cc4c(C(=O)O)c[nH]c4cc3Cl)cc2)C1. The zero-order valence-corrected chi connectivity index (χ0v) is 36.2. The van der Waals surface area contributed by atoms with Gasteiger partial charge in [0, 0.05) is 54.2 Å². The Hall–Kier alpha value is -6.93. The number of hydrogen-bond donors (Lipinski definition) is 4. The lowest BCUT2D eigenvalue weighted by atomic mass is 10.0. The van der Waals surface area contributed by atoms with Gasteiger partial charge in [-0.1, -0.05) is 67.6 Å². The van der Waals surface area contributed by atoms with E-state index in [1.54, 1.807) is 12.1 Å². The number of halogens is 1. The molecule has 0 bridgehead atoms. The van der Waals surface area contributed by atoms with Gasteiger partial charge in [-0.3, -0.25) is 9.59 Å². The number of fused-ring (bicyclic) bond motifs is 2. The van der Waals surface area contributed by atoms with Gasteiger partial charge in [0.2, 0.25) is 11.8 Å². The number of carboxylic acids is 1. The third kappa shape index (κ3) is 10.5. The molecule has 1 aliphatic heterocycles. The standard InChI is InChI=1S/C49H51ClN8O6/c50-41-28-42-39(40(29-53-42)49(61)62)27-38(41)32-16-20-35(21-17-32)63-26-24-52-43(59)14-8-3-1-2-4-9-15-44(60)57-25-10-11-34(30-57)58-48-45(47(51)54-31-55-48)46(56-58)33-18-22-37(23-19-33)64-36-12-6-5-7-13-36/h5-7,12-13,16-23,27-29,31,34,53H,1-4,8-11,14-15,24-26,30H2,(H,52,59)(H,61,62)(H2,51,54,55)/t34-/m1/s1. The highest BCUT2D eigenvalue weighted by molar-refractivity contribution is 6.34. The van der Waals surface area contributed by atoms with Crippen LogP contribution in [0.5, 0.6) is 17.2 Å². The molecule has 8 rings (SSSR count). The number of aromatic amines is 1. The lowest BCUT2D eigenvalue weighted by molar-refractivity contribution is -0.133. The van der Waals surface area contributed by atoms with Crippen molar-refractivity contribution in [3.05, 3.63) is 114 Å². The number of nitrogens with one attached hydrogen (secondary N) is 2. The van der Waals surface area contributed by atoms with Crippen LogP contribution < -0.4 is 20.5 Å². The van der Waals surface area contributed by atoms with Crippen molar-refractivity contribution in [1.82, 2.24) is 34.9 Å². The Bertz CT molecular complexity index is 2720. The highest BCUT2D eigenvalue weighted by Gasteiger charge is 2.28. The average molecular weight is 883 g/mol.